The molecule has 1 amide bonds. The normalized spacial score (nSPS) is 12.7. The lowest BCUT2D eigenvalue weighted by Crippen LogP contribution is -2.53. The summed E-state index contributed by atoms with van der Waals surface area (Å²) < 4.78 is 13.3. The van der Waals surface area contributed by atoms with Crippen LogP contribution in [-0.2, 0) is 28.6 Å². The molecule has 8 heteroatoms. The predicted octanol–water partition coefficient (Wildman–Crippen LogP) is -0.281. The number of carbonyl (C=O) groups is 4. The van der Waals surface area contributed by atoms with Gasteiger partial charge in [0.2, 0.25) is 0 Å². The zero-order chi connectivity index (χ0) is 15.2. The molecule has 20 heavy (non-hydrogen) atoms. The Hall–Kier alpha value is -2.90. The van der Waals surface area contributed by atoms with Gasteiger partial charge in [-0.1, -0.05) is 18.2 Å². The molecule has 0 spiro atoms. The van der Waals surface area contributed by atoms with Crippen molar-refractivity contribution in [3.05, 3.63) is 35.9 Å². The van der Waals surface area contributed by atoms with Gasteiger partial charge in [-0.25, -0.2) is 4.79 Å². The third kappa shape index (κ3) is 3.55. The minimum absolute atomic E-state index is 0.0415. The number of hydrogen-bond acceptors (Lipinski definition) is 7. The number of hydrogen-bond donors (Lipinski definition) is 1. The van der Waals surface area contributed by atoms with Gasteiger partial charge in [-0.15, -0.1) is 0 Å². The molecular weight excluding hydrogens is 270 g/mol. The van der Waals surface area contributed by atoms with Crippen molar-refractivity contribution in [3.8, 4) is 0 Å². The Morgan fingerprint density at radius 1 is 1.15 bits per heavy atom. The summed E-state index contributed by atoms with van der Waals surface area (Å²) in [5, 5.41) is 0. The van der Waals surface area contributed by atoms with Gasteiger partial charge in [-0.2, -0.15) is 0 Å². The maximum atomic E-state index is 11.8. The van der Waals surface area contributed by atoms with Crippen LogP contribution in [0.1, 0.15) is 17.3 Å². The van der Waals surface area contributed by atoms with E-state index in [4.69, 9.17) is 5.73 Å². The van der Waals surface area contributed by atoms with Gasteiger partial charge < -0.3 is 19.9 Å². The van der Waals surface area contributed by atoms with E-state index in [0.29, 0.717) is 0 Å². The van der Waals surface area contributed by atoms with Crippen molar-refractivity contribution in [1.82, 2.24) is 0 Å². The molecule has 2 N–H and O–H groups in total. The number of amides is 1. The van der Waals surface area contributed by atoms with Crippen LogP contribution in [-0.4, -0.2) is 30.3 Å². The van der Waals surface area contributed by atoms with E-state index in [0.717, 1.165) is 6.92 Å². The van der Waals surface area contributed by atoms with E-state index in [9.17, 15) is 19.2 Å². The molecule has 0 radical (unpaired) electrons. The van der Waals surface area contributed by atoms with Gasteiger partial charge in [0.25, 0.3) is 6.47 Å². The summed E-state index contributed by atoms with van der Waals surface area (Å²) in [6.07, 6.45) is 0. The van der Waals surface area contributed by atoms with Crippen LogP contribution in [0.2, 0.25) is 0 Å². The Morgan fingerprint density at radius 2 is 1.75 bits per heavy atom. The van der Waals surface area contributed by atoms with Gasteiger partial charge in [0, 0.05) is 6.92 Å². The van der Waals surface area contributed by atoms with Gasteiger partial charge in [0.05, 0.1) is 5.56 Å². The molecule has 0 aliphatic heterocycles. The summed E-state index contributed by atoms with van der Waals surface area (Å²) in [5.74, 6) is -6.50. The van der Waals surface area contributed by atoms with Gasteiger partial charge in [-0.05, 0) is 12.1 Å². The van der Waals surface area contributed by atoms with Crippen molar-refractivity contribution in [2.24, 2.45) is 5.73 Å². The van der Waals surface area contributed by atoms with Crippen LogP contribution in [0.3, 0.4) is 0 Å². The van der Waals surface area contributed by atoms with Crippen LogP contribution in [0.4, 0.5) is 0 Å². The number of esters is 2. The number of primary amides is 1. The monoisotopic (exact) mass is 281 g/mol. The van der Waals surface area contributed by atoms with Crippen LogP contribution >= 0.6 is 0 Å². The molecule has 1 aromatic rings. The first-order valence-corrected chi connectivity index (χ1v) is 5.30. The first-order chi connectivity index (χ1) is 9.41. The van der Waals surface area contributed by atoms with Gasteiger partial charge in [0.1, 0.15) is 0 Å². The molecule has 1 atom stereocenters. The van der Waals surface area contributed by atoms with E-state index in [1.165, 1.54) is 24.3 Å². The second kappa shape index (κ2) is 6.32. The molecule has 0 bridgehead atoms. The summed E-state index contributed by atoms with van der Waals surface area (Å²) in [7, 11) is 0. The summed E-state index contributed by atoms with van der Waals surface area (Å²) in [6.45, 7) is 0.689. The minimum Gasteiger partial charge on any atom is -0.383 e. The van der Waals surface area contributed by atoms with E-state index in [2.05, 4.69) is 14.2 Å². The van der Waals surface area contributed by atoms with Crippen molar-refractivity contribution < 1.29 is 33.4 Å². The summed E-state index contributed by atoms with van der Waals surface area (Å²) in [4.78, 5) is 44.5. The first kappa shape index (κ1) is 15.2. The maximum Gasteiger partial charge on any atom is 0.509 e. The smallest absolute Gasteiger partial charge is 0.383 e. The van der Waals surface area contributed by atoms with E-state index >= 15 is 0 Å². The zero-order valence-corrected chi connectivity index (χ0v) is 10.4. The van der Waals surface area contributed by atoms with E-state index in [1.54, 1.807) is 6.07 Å². The highest BCUT2D eigenvalue weighted by molar-refractivity contribution is 5.93. The molecule has 8 nitrogen and oxygen atoms in total. The Balaban J connectivity index is 3.05. The van der Waals surface area contributed by atoms with Crippen LogP contribution in [0.5, 0.6) is 0 Å². The quantitative estimate of drug-likeness (QED) is 0.432. The molecule has 0 saturated heterocycles. The fraction of sp³-hybridized carbons (Fsp3) is 0.167. The number of nitrogens with two attached hydrogens (primary N) is 1. The Kier molecular flexibility index (Phi) is 4.79. The Bertz CT molecular complexity index is 528. The second-order valence-corrected chi connectivity index (χ2v) is 3.48. The van der Waals surface area contributed by atoms with E-state index in [1.807, 2.05) is 0 Å². The van der Waals surface area contributed by atoms with Crippen LogP contribution in [0.15, 0.2) is 30.3 Å². The van der Waals surface area contributed by atoms with Crippen molar-refractivity contribution in [2.75, 3.05) is 0 Å². The fourth-order valence-electron chi connectivity index (χ4n) is 1.24. The molecule has 0 aliphatic carbocycles. The summed E-state index contributed by atoms with van der Waals surface area (Å²) in [5.41, 5.74) is 5.00. The third-order valence-corrected chi connectivity index (χ3v) is 2.02. The maximum absolute atomic E-state index is 11.8. The molecule has 1 aromatic carbocycles. The average Bonchev–Trinajstić information content (AvgIpc) is 2.38. The second-order valence-electron chi connectivity index (χ2n) is 3.48. The lowest BCUT2D eigenvalue weighted by atomic mass is 10.2. The average molecular weight is 281 g/mol. The predicted molar refractivity (Wildman–Crippen MR) is 62.7 cm³/mol. The van der Waals surface area contributed by atoms with Gasteiger partial charge in [0.15, 0.2) is 0 Å². The highest BCUT2D eigenvalue weighted by Crippen LogP contribution is 2.17. The molecule has 0 saturated carbocycles. The lowest BCUT2D eigenvalue weighted by molar-refractivity contribution is -0.295. The Labute approximate surface area is 113 Å². The van der Waals surface area contributed by atoms with Crippen molar-refractivity contribution in [2.45, 2.75) is 12.9 Å². The molecule has 0 aromatic heterocycles. The van der Waals surface area contributed by atoms with Crippen molar-refractivity contribution in [1.29, 1.82) is 0 Å². The molecule has 0 fully saturated rings. The molecule has 1 rings (SSSR count). The van der Waals surface area contributed by atoms with Crippen LogP contribution < -0.4 is 5.73 Å². The van der Waals surface area contributed by atoms with Crippen LogP contribution in [0, 0.1) is 0 Å². The summed E-state index contributed by atoms with van der Waals surface area (Å²) in [6, 6.07) is 7.47. The molecule has 0 heterocycles. The number of ether oxygens (including phenoxy) is 3. The highest BCUT2D eigenvalue weighted by atomic mass is 16.9. The Morgan fingerprint density at radius 3 is 2.20 bits per heavy atom. The topological polar surface area (TPSA) is 122 Å². The SMILES string of the molecule is CC(=O)OC(OC=O)(OC(=O)c1ccccc1)C(N)=O. The fourth-order valence-corrected chi connectivity index (χ4v) is 1.24. The number of carbonyl (C=O) groups excluding carboxylic acids is 4. The minimum atomic E-state index is -2.93. The molecular formula is C12H11NO7. The zero-order valence-electron chi connectivity index (χ0n) is 10.4. The van der Waals surface area contributed by atoms with E-state index in [-0.39, 0.29) is 12.0 Å². The largest absolute Gasteiger partial charge is 0.509 e. The summed E-state index contributed by atoms with van der Waals surface area (Å²) >= 11 is 0. The van der Waals surface area contributed by atoms with Gasteiger partial charge >= 0.3 is 23.8 Å². The van der Waals surface area contributed by atoms with Crippen LogP contribution in [0.25, 0.3) is 0 Å². The standard InChI is InChI=1S/C12H11NO7/c1-8(15)19-12(11(13)17,18-7-14)20-10(16)9-5-3-2-4-6-9/h2-7H,1H3,(H2,13,17). The number of benzene rings is 1. The van der Waals surface area contributed by atoms with Crippen molar-refractivity contribution in [3.63, 3.8) is 0 Å². The number of rotatable bonds is 6. The lowest BCUT2D eigenvalue weighted by Gasteiger charge is -2.25. The molecule has 0 aliphatic rings. The molecule has 1 unspecified atom stereocenters. The highest BCUT2D eigenvalue weighted by Gasteiger charge is 2.48. The van der Waals surface area contributed by atoms with Gasteiger partial charge in [-0.3, -0.25) is 14.4 Å². The third-order valence-electron chi connectivity index (χ3n) is 2.02. The van der Waals surface area contributed by atoms with E-state index < -0.39 is 23.8 Å². The first-order valence-electron chi connectivity index (χ1n) is 5.30. The van der Waals surface area contributed by atoms with Crippen molar-refractivity contribution >= 4 is 24.3 Å². The molecule has 106 valence electrons.